The number of rotatable bonds is 3. The lowest BCUT2D eigenvalue weighted by Gasteiger charge is -2.24. The molecule has 1 amide bonds. The molecule has 0 aliphatic rings. The highest BCUT2D eigenvalue weighted by Crippen LogP contribution is 2.15. The van der Waals surface area contributed by atoms with Crippen LogP contribution in [-0.4, -0.2) is 34.0 Å². The third kappa shape index (κ3) is 9.01. The molecule has 1 aromatic carbocycles. The van der Waals surface area contributed by atoms with Crippen molar-refractivity contribution in [1.82, 2.24) is 0 Å². The molecule has 20 heavy (non-hydrogen) atoms. The Morgan fingerprint density at radius 1 is 1.15 bits per heavy atom. The predicted octanol–water partition coefficient (Wildman–Crippen LogP) is 4.36. The van der Waals surface area contributed by atoms with E-state index < -0.39 is 5.60 Å². The standard InChI is InChI=1S/C12H17NO2.2C2H5.Al.H/c1-12(2,3)15-11(14)13(4)10-8-6-5-7-9-10;2*1-2;;/h5-9H,1-4H3;2*1H2,2H3;;. The van der Waals surface area contributed by atoms with Crippen LogP contribution in [0.2, 0.25) is 10.6 Å². The van der Waals surface area contributed by atoms with E-state index in [0.717, 1.165) is 5.69 Å². The Bertz CT molecular complexity index is 372. The SMILES string of the molecule is CN(C(=O)OC(C)(C)C)c1ccccc1.C[CH2][AlH][CH2]C. The Balaban J connectivity index is 0.000000621. The van der Waals surface area contributed by atoms with Gasteiger partial charge < -0.3 is 4.74 Å². The highest BCUT2D eigenvalue weighted by Gasteiger charge is 2.20. The van der Waals surface area contributed by atoms with Crippen molar-refractivity contribution in [3.63, 3.8) is 0 Å². The summed E-state index contributed by atoms with van der Waals surface area (Å²) < 4.78 is 5.24. The van der Waals surface area contributed by atoms with Gasteiger partial charge in [0.2, 0.25) is 15.2 Å². The van der Waals surface area contributed by atoms with Gasteiger partial charge in [0.25, 0.3) is 0 Å². The first kappa shape index (κ1) is 19.0. The van der Waals surface area contributed by atoms with Gasteiger partial charge in [0, 0.05) is 12.7 Å². The molecule has 3 nitrogen and oxygen atoms in total. The Kier molecular flexibility index (Phi) is 9.37. The van der Waals surface area contributed by atoms with Gasteiger partial charge >= 0.3 is 6.09 Å². The number of anilines is 1. The van der Waals surface area contributed by atoms with Crippen molar-refractivity contribution in [3.05, 3.63) is 30.3 Å². The van der Waals surface area contributed by atoms with Crippen molar-refractivity contribution in [2.75, 3.05) is 11.9 Å². The maximum atomic E-state index is 11.7. The number of nitrogens with zero attached hydrogens (tertiary/aromatic N) is 1. The zero-order chi connectivity index (χ0) is 15.6. The summed E-state index contributed by atoms with van der Waals surface area (Å²) in [6.07, 6.45) is -0.339. The Morgan fingerprint density at radius 2 is 1.65 bits per heavy atom. The third-order valence-corrected chi connectivity index (χ3v) is 3.93. The molecule has 0 unspecified atom stereocenters. The zero-order valence-electron chi connectivity index (χ0n) is 13.8. The summed E-state index contributed by atoms with van der Waals surface area (Å²) in [5.41, 5.74) is 0.367. The number of para-hydroxylation sites is 1. The first-order valence-corrected chi connectivity index (χ1v) is 9.33. The molecule has 0 N–H and O–H groups in total. The van der Waals surface area contributed by atoms with Crippen molar-refractivity contribution >= 4 is 27.0 Å². The lowest BCUT2D eigenvalue weighted by molar-refractivity contribution is 0.0589. The van der Waals surface area contributed by atoms with Gasteiger partial charge in [0.1, 0.15) is 5.60 Å². The Hall–Kier alpha value is -0.978. The minimum Gasteiger partial charge on any atom is -0.443 e. The summed E-state index contributed by atoms with van der Waals surface area (Å²) in [6.45, 7) is 10.1. The summed E-state index contributed by atoms with van der Waals surface area (Å²) in [4.78, 5) is 13.2. The van der Waals surface area contributed by atoms with Crippen LogP contribution in [0.15, 0.2) is 30.3 Å². The molecule has 0 bridgehead atoms. The maximum Gasteiger partial charge on any atom is 0.414 e. The van der Waals surface area contributed by atoms with Crippen molar-refractivity contribution in [3.8, 4) is 0 Å². The molecular formula is C16H28AlNO2. The van der Waals surface area contributed by atoms with Gasteiger partial charge in [-0.05, 0) is 32.9 Å². The molecule has 0 saturated carbocycles. The normalized spacial score (nSPS) is 10.1. The van der Waals surface area contributed by atoms with Gasteiger partial charge in [0.05, 0.1) is 0 Å². The van der Waals surface area contributed by atoms with Crippen LogP contribution in [0.5, 0.6) is 0 Å². The van der Waals surface area contributed by atoms with Crippen LogP contribution in [-0.2, 0) is 4.74 Å². The van der Waals surface area contributed by atoms with E-state index in [1.165, 1.54) is 15.5 Å². The van der Waals surface area contributed by atoms with Crippen LogP contribution < -0.4 is 4.90 Å². The van der Waals surface area contributed by atoms with Gasteiger partial charge in [-0.25, -0.2) is 4.79 Å². The first-order chi connectivity index (χ1) is 9.31. The summed E-state index contributed by atoms with van der Waals surface area (Å²) >= 11 is 0.432. The number of benzene rings is 1. The van der Waals surface area contributed by atoms with Crippen LogP contribution >= 0.6 is 0 Å². The zero-order valence-corrected chi connectivity index (χ0v) is 15.2. The van der Waals surface area contributed by atoms with Crippen molar-refractivity contribution in [2.45, 2.75) is 50.8 Å². The lowest BCUT2D eigenvalue weighted by Crippen LogP contribution is -2.34. The van der Waals surface area contributed by atoms with Gasteiger partial charge in [-0.15, -0.1) is 10.6 Å². The summed E-state index contributed by atoms with van der Waals surface area (Å²) in [7, 11) is 1.70. The first-order valence-electron chi connectivity index (χ1n) is 7.33. The molecule has 0 saturated heterocycles. The summed E-state index contributed by atoms with van der Waals surface area (Å²) in [5, 5.41) is 2.97. The maximum absolute atomic E-state index is 11.7. The fraction of sp³-hybridized carbons (Fsp3) is 0.562. The molecule has 0 aromatic heterocycles. The summed E-state index contributed by atoms with van der Waals surface area (Å²) in [6, 6.07) is 9.41. The van der Waals surface area contributed by atoms with E-state index in [-0.39, 0.29) is 6.09 Å². The van der Waals surface area contributed by atoms with Gasteiger partial charge in [-0.1, -0.05) is 32.0 Å². The number of hydrogen-bond donors (Lipinski definition) is 0. The predicted molar refractivity (Wildman–Crippen MR) is 89.2 cm³/mol. The molecular weight excluding hydrogens is 265 g/mol. The van der Waals surface area contributed by atoms with Gasteiger partial charge in [0.15, 0.2) is 0 Å². The quantitative estimate of drug-likeness (QED) is 0.775. The van der Waals surface area contributed by atoms with E-state index in [1.54, 1.807) is 7.05 Å². The minimum atomic E-state index is -0.458. The Labute approximate surface area is 130 Å². The van der Waals surface area contributed by atoms with Crippen molar-refractivity contribution in [2.24, 2.45) is 0 Å². The smallest absolute Gasteiger partial charge is 0.414 e. The fourth-order valence-corrected chi connectivity index (χ4v) is 2.15. The second-order valence-electron chi connectivity index (χ2n) is 5.73. The Morgan fingerprint density at radius 3 is 2.00 bits per heavy atom. The average molecular weight is 293 g/mol. The van der Waals surface area contributed by atoms with E-state index >= 15 is 0 Å². The van der Waals surface area contributed by atoms with Gasteiger partial charge in [-0.2, -0.15) is 0 Å². The molecule has 0 aliphatic carbocycles. The van der Waals surface area contributed by atoms with E-state index in [2.05, 4.69) is 13.8 Å². The second-order valence-corrected chi connectivity index (χ2v) is 8.44. The number of hydrogen-bond acceptors (Lipinski definition) is 2. The van der Waals surface area contributed by atoms with E-state index in [9.17, 15) is 4.79 Å². The molecule has 1 aromatic rings. The number of carbonyl (C=O) groups excluding carboxylic acids is 1. The molecule has 112 valence electrons. The van der Waals surface area contributed by atoms with Crippen molar-refractivity contribution < 1.29 is 9.53 Å². The van der Waals surface area contributed by atoms with E-state index in [4.69, 9.17) is 4.74 Å². The minimum absolute atomic E-state index is 0.339. The lowest BCUT2D eigenvalue weighted by atomic mass is 10.2. The highest BCUT2D eigenvalue weighted by molar-refractivity contribution is 6.34. The van der Waals surface area contributed by atoms with E-state index in [0.29, 0.717) is 15.2 Å². The van der Waals surface area contributed by atoms with Crippen molar-refractivity contribution in [1.29, 1.82) is 0 Å². The van der Waals surface area contributed by atoms with Gasteiger partial charge in [-0.3, -0.25) is 4.90 Å². The number of amides is 1. The number of ether oxygens (including phenoxy) is 1. The molecule has 0 atom stereocenters. The molecule has 0 aliphatic heterocycles. The third-order valence-electron chi connectivity index (χ3n) is 2.52. The molecule has 1 rings (SSSR count). The highest BCUT2D eigenvalue weighted by atomic mass is 27.1. The van der Waals surface area contributed by atoms with E-state index in [1.807, 2.05) is 51.1 Å². The molecule has 0 fully saturated rings. The monoisotopic (exact) mass is 293 g/mol. The second kappa shape index (κ2) is 9.85. The molecule has 0 spiro atoms. The molecule has 0 heterocycles. The van der Waals surface area contributed by atoms with Crippen LogP contribution in [0.1, 0.15) is 34.6 Å². The molecule has 4 heteroatoms. The largest absolute Gasteiger partial charge is 0.443 e. The van der Waals surface area contributed by atoms with Crippen LogP contribution in [0.3, 0.4) is 0 Å². The average Bonchev–Trinajstić information content (AvgIpc) is 2.38. The number of carbonyl (C=O) groups is 1. The van der Waals surface area contributed by atoms with Crippen LogP contribution in [0, 0.1) is 0 Å². The fourth-order valence-electron chi connectivity index (χ4n) is 1.44. The molecule has 0 radical (unpaired) electrons. The topological polar surface area (TPSA) is 29.5 Å². The van der Waals surface area contributed by atoms with Crippen LogP contribution in [0.4, 0.5) is 10.5 Å². The van der Waals surface area contributed by atoms with Crippen LogP contribution in [0.25, 0.3) is 0 Å². The summed E-state index contributed by atoms with van der Waals surface area (Å²) in [5.74, 6) is 0.